The lowest BCUT2D eigenvalue weighted by atomic mass is 9.97. The fourth-order valence-electron chi connectivity index (χ4n) is 3.01. The van der Waals surface area contributed by atoms with E-state index in [9.17, 15) is 0 Å². The molecule has 24 heavy (non-hydrogen) atoms. The van der Waals surface area contributed by atoms with Gasteiger partial charge in [0, 0.05) is 14.3 Å². The molecule has 0 saturated carbocycles. The Bertz CT molecular complexity index is 926. The van der Waals surface area contributed by atoms with Gasteiger partial charge in [-0.15, -0.1) is 0 Å². The molecule has 0 aliphatic rings. The number of benzene rings is 4. The topological polar surface area (TPSA) is 0 Å². The first kappa shape index (κ1) is 15.6. The van der Waals surface area contributed by atoms with Crippen molar-refractivity contribution >= 4 is 42.6 Å². The Morgan fingerprint density at radius 3 is 1.29 bits per heavy atom. The Morgan fingerprint density at radius 2 is 0.875 bits per heavy atom. The molecule has 0 spiro atoms. The normalized spacial score (nSPS) is 10.9. The van der Waals surface area contributed by atoms with Gasteiger partial charge in [-0.1, -0.05) is 92.5 Å². The van der Waals surface area contributed by atoms with Crippen molar-refractivity contribution in [3.8, 4) is 22.3 Å². The molecule has 0 fully saturated rings. The fourth-order valence-corrected chi connectivity index (χ4v) is 4.65. The zero-order valence-corrected chi connectivity index (χ0v) is 16.0. The lowest BCUT2D eigenvalue weighted by molar-refractivity contribution is 1.60. The Balaban J connectivity index is 1.96. The van der Waals surface area contributed by atoms with Crippen molar-refractivity contribution in [2.75, 3.05) is 0 Å². The molecule has 116 valence electrons. The van der Waals surface area contributed by atoms with Gasteiger partial charge in [0.05, 0.1) is 0 Å². The van der Waals surface area contributed by atoms with Gasteiger partial charge >= 0.3 is 0 Å². The van der Waals surface area contributed by atoms with Crippen LogP contribution in [0.5, 0.6) is 0 Å². The van der Waals surface area contributed by atoms with E-state index in [0.717, 1.165) is 8.95 Å². The van der Waals surface area contributed by atoms with Crippen LogP contribution in [-0.4, -0.2) is 0 Å². The summed E-state index contributed by atoms with van der Waals surface area (Å²) < 4.78 is 2.20. The molecule has 0 amide bonds. The van der Waals surface area contributed by atoms with Crippen LogP contribution in [-0.2, 0) is 0 Å². The second kappa shape index (κ2) is 6.54. The Hall–Kier alpha value is -1.90. The highest BCUT2D eigenvalue weighted by Gasteiger charge is 2.10. The van der Waals surface area contributed by atoms with Crippen LogP contribution in [0.15, 0.2) is 93.9 Å². The monoisotopic (exact) mass is 436 g/mol. The van der Waals surface area contributed by atoms with Gasteiger partial charge in [-0.05, 0) is 51.9 Å². The Labute approximate surface area is 158 Å². The lowest BCUT2D eigenvalue weighted by Gasteiger charge is -2.11. The maximum Gasteiger partial charge on any atom is 0.0271 e. The predicted molar refractivity (Wildman–Crippen MR) is 110 cm³/mol. The quantitative estimate of drug-likeness (QED) is 0.301. The molecular formula is C22H14Br2. The molecule has 0 bridgehead atoms. The Morgan fingerprint density at radius 1 is 0.458 bits per heavy atom. The number of fused-ring (bicyclic) bond motifs is 1. The summed E-state index contributed by atoms with van der Waals surface area (Å²) >= 11 is 7.49. The molecule has 0 aliphatic heterocycles. The molecule has 0 radical (unpaired) electrons. The van der Waals surface area contributed by atoms with Crippen LogP contribution in [0.2, 0.25) is 0 Å². The van der Waals surface area contributed by atoms with Gasteiger partial charge in [0.1, 0.15) is 0 Å². The zero-order chi connectivity index (χ0) is 16.5. The van der Waals surface area contributed by atoms with Crippen LogP contribution in [0.3, 0.4) is 0 Å². The van der Waals surface area contributed by atoms with E-state index in [2.05, 4.69) is 105 Å². The number of hydrogen-bond donors (Lipinski definition) is 0. The highest BCUT2D eigenvalue weighted by atomic mass is 79.9. The van der Waals surface area contributed by atoms with Crippen LogP contribution in [0.1, 0.15) is 0 Å². The third-order valence-electron chi connectivity index (χ3n) is 4.17. The molecule has 0 atom stereocenters. The average molecular weight is 438 g/mol. The second-order valence-corrected chi connectivity index (χ2v) is 7.45. The van der Waals surface area contributed by atoms with Crippen molar-refractivity contribution in [1.29, 1.82) is 0 Å². The van der Waals surface area contributed by atoms with Gasteiger partial charge in [-0.25, -0.2) is 0 Å². The minimum Gasteiger partial charge on any atom is -0.0622 e. The largest absolute Gasteiger partial charge is 0.0622 e. The number of halogens is 2. The van der Waals surface area contributed by atoms with Crippen LogP contribution in [0.4, 0.5) is 0 Å². The maximum absolute atomic E-state index is 3.75. The van der Waals surface area contributed by atoms with Gasteiger partial charge in [0.25, 0.3) is 0 Å². The number of hydrogen-bond acceptors (Lipinski definition) is 0. The van der Waals surface area contributed by atoms with Crippen LogP contribution >= 0.6 is 31.9 Å². The van der Waals surface area contributed by atoms with E-state index in [1.54, 1.807) is 0 Å². The molecule has 4 aromatic carbocycles. The summed E-state index contributed by atoms with van der Waals surface area (Å²) in [7, 11) is 0. The molecule has 2 heteroatoms. The molecule has 4 aromatic rings. The first-order chi connectivity index (χ1) is 11.7. The molecule has 0 nitrogen and oxygen atoms in total. The van der Waals surface area contributed by atoms with E-state index in [1.807, 2.05) is 12.1 Å². The van der Waals surface area contributed by atoms with Crippen LogP contribution < -0.4 is 0 Å². The van der Waals surface area contributed by atoms with E-state index in [1.165, 1.54) is 33.0 Å². The van der Waals surface area contributed by atoms with E-state index < -0.39 is 0 Å². The van der Waals surface area contributed by atoms with Gasteiger partial charge in [0.15, 0.2) is 0 Å². The molecule has 0 saturated heterocycles. The van der Waals surface area contributed by atoms with Crippen molar-refractivity contribution in [1.82, 2.24) is 0 Å². The van der Waals surface area contributed by atoms with Crippen molar-refractivity contribution in [2.24, 2.45) is 0 Å². The third-order valence-corrected chi connectivity index (χ3v) is 5.42. The first-order valence-corrected chi connectivity index (χ1v) is 9.34. The van der Waals surface area contributed by atoms with Crippen LogP contribution in [0, 0.1) is 0 Å². The standard InChI is InChI=1S/C22H14Br2/c23-20-13-17(15-7-3-1-4-8-15)11-19-12-18(14-21(24)22(19)20)16-9-5-2-6-10-16/h1-14H. The summed E-state index contributed by atoms with van der Waals surface area (Å²) in [6.45, 7) is 0. The van der Waals surface area contributed by atoms with Crippen molar-refractivity contribution in [2.45, 2.75) is 0 Å². The summed E-state index contributed by atoms with van der Waals surface area (Å²) in [5, 5.41) is 2.42. The third kappa shape index (κ3) is 2.92. The minimum atomic E-state index is 1.10. The van der Waals surface area contributed by atoms with Gasteiger partial charge in [0.2, 0.25) is 0 Å². The highest BCUT2D eigenvalue weighted by Crippen LogP contribution is 2.38. The fraction of sp³-hybridized carbons (Fsp3) is 0. The summed E-state index contributed by atoms with van der Waals surface area (Å²) in [4.78, 5) is 0. The summed E-state index contributed by atoms with van der Waals surface area (Å²) in [6, 6.07) is 29.8. The van der Waals surface area contributed by atoms with E-state index in [-0.39, 0.29) is 0 Å². The van der Waals surface area contributed by atoms with Crippen molar-refractivity contribution < 1.29 is 0 Å². The molecule has 0 unspecified atom stereocenters. The zero-order valence-electron chi connectivity index (χ0n) is 12.8. The van der Waals surface area contributed by atoms with E-state index in [4.69, 9.17) is 0 Å². The van der Waals surface area contributed by atoms with Crippen molar-refractivity contribution in [3.63, 3.8) is 0 Å². The Kier molecular flexibility index (Phi) is 4.26. The predicted octanol–water partition coefficient (Wildman–Crippen LogP) is 7.70. The summed E-state index contributed by atoms with van der Waals surface area (Å²) in [5.41, 5.74) is 4.88. The van der Waals surface area contributed by atoms with Gasteiger partial charge < -0.3 is 0 Å². The molecule has 0 N–H and O–H groups in total. The molecule has 0 aromatic heterocycles. The maximum atomic E-state index is 3.75. The second-order valence-electron chi connectivity index (χ2n) is 5.75. The smallest absolute Gasteiger partial charge is 0.0271 e. The van der Waals surface area contributed by atoms with Crippen LogP contribution in [0.25, 0.3) is 33.0 Å². The molecule has 0 heterocycles. The molecule has 0 aliphatic carbocycles. The average Bonchev–Trinajstić information content (AvgIpc) is 2.62. The SMILES string of the molecule is Brc1cc(-c2ccccc2)cc2cc(-c3ccccc3)cc(Br)c12. The molecule has 4 rings (SSSR count). The van der Waals surface area contributed by atoms with Gasteiger partial charge in [-0.3, -0.25) is 0 Å². The first-order valence-electron chi connectivity index (χ1n) is 7.76. The van der Waals surface area contributed by atoms with E-state index >= 15 is 0 Å². The van der Waals surface area contributed by atoms with Crippen molar-refractivity contribution in [3.05, 3.63) is 93.9 Å². The summed E-state index contributed by atoms with van der Waals surface area (Å²) in [6.07, 6.45) is 0. The van der Waals surface area contributed by atoms with E-state index in [0.29, 0.717) is 0 Å². The lowest BCUT2D eigenvalue weighted by Crippen LogP contribution is -1.85. The number of rotatable bonds is 2. The highest BCUT2D eigenvalue weighted by molar-refractivity contribution is 9.11. The summed E-state index contributed by atoms with van der Waals surface area (Å²) in [5.74, 6) is 0. The van der Waals surface area contributed by atoms with Gasteiger partial charge in [-0.2, -0.15) is 0 Å². The molecular weight excluding hydrogens is 424 g/mol. The minimum absolute atomic E-state index is 1.10.